The first-order valence-corrected chi connectivity index (χ1v) is 7.22. The van der Waals surface area contributed by atoms with Crippen LogP contribution in [0.3, 0.4) is 0 Å². The Labute approximate surface area is 115 Å². The summed E-state index contributed by atoms with van der Waals surface area (Å²) in [7, 11) is 0. The van der Waals surface area contributed by atoms with Crippen molar-refractivity contribution >= 4 is 11.6 Å². The maximum absolute atomic E-state index is 5.68. The second kappa shape index (κ2) is 7.14. The molecule has 0 aliphatic heterocycles. The topological polar surface area (TPSA) is 53.6 Å². The van der Waals surface area contributed by atoms with Crippen molar-refractivity contribution in [3.05, 3.63) is 30.3 Å². The van der Waals surface area contributed by atoms with Gasteiger partial charge < -0.3 is 4.90 Å². The number of benzene rings is 1. The van der Waals surface area contributed by atoms with Crippen molar-refractivity contribution in [1.82, 2.24) is 5.43 Å². The van der Waals surface area contributed by atoms with E-state index in [0.29, 0.717) is 6.04 Å². The first kappa shape index (κ1) is 13.9. The lowest BCUT2D eigenvalue weighted by Gasteiger charge is -2.26. The van der Waals surface area contributed by atoms with Gasteiger partial charge in [-0.1, -0.05) is 37.5 Å². The summed E-state index contributed by atoms with van der Waals surface area (Å²) in [5.74, 6) is 6.46. The molecule has 1 saturated carbocycles. The molecule has 0 spiro atoms. The number of nitrogens with one attached hydrogen (secondary N) is 1. The number of guanidine groups is 1. The van der Waals surface area contributed by atoms with E-state index in [1.54, 1.807) is 0 Å². The van der Waals surface area contributed by atoms with E-state index in [1.165, 1.54) is 32.1 Å². The highest BCUT2D eigenvalue weighted by Crippen LogP contribution is 2.21. The first-order valence-electron chi connectivity index (χ1n) is 7.22. The summed E-state index contributed by atoms with van der Waals surface area (Å²) in [4.78, 5) is 6.93. The van der Waals surface area contributed by atoms with Gasteiger partial charge in [0.25, 0.3) is 0 Å². The fraction of sp³-hybridized carbons (Fsp3) is 0.533. The van der Waals surface area contributed by atoms with Crippen molar-refractivity contribution < 1.29 is 0 Å². The predicted octanol–water partition coefficient (Wildman–Crippen LogP) is 2.66. The van der Waals surface area contributed by atoms with Gasteiger partial charge in [0.2, 0.25) is 5.96 Å². The monoisotopic (exact) mass is 260 g/mol. The Balaban J connectivity index is 2.16. The average molecular weight is 260 g/mol. The van der Waals surface area contributed by atoms with Gasteiger partial charge in [-0.2, -0.15) is 0 Å². The minimum atomic E-state index is 0.414. The molecular weight excluding hydrogens is 236 g/mol. The third kappa shape index (κ3) is 3.70. The Hall–Kier alpha value is -1.55. The Morgan fingerprint density at radius 1 is 1.26 bits per heavy atom. The summed E-state index contributed by atoms with van der Waals surface area (Å²) < 4.78 is 0. The number of anilines is 1. The highest BCUT2D eigenvalue weighted by molar-refractivity contribution is 5.95. The van der Waals surface area contributed by atoms with Crippen LogP contribution in [0.4, 0.5) is 5.69 Å². The van der Waals surface area contributed by atoms with Crippen molar-refractivity contribution in [2.45, 2.75) is 45.1 Å². The molecule has 0 bridgehead atoms. The lowest BCUT2D eigenvalue weighted by atomic mass is 9.96. The summed E-state index contributed by atoms with van der Waals surface area (Å²) in [5, 5.41) is 0. The van der Waals surface area contributed by atoms with Gasteiger partial charge in [0.1, 0.15) is 0 Å². The van der Waals surface area contributed by atoms with Crippen LogP contribution in [0.25, 0.3) is 0 Å². The molecule has 0 heterocycles. The van der Waals surface area contributed by atoms with Gasteiger partial charge in [-0.3, -0.25) is 5.43 Å². The van der Waals surface area contributed by atoms with Crippen molar-refractivity contribution in [2.24, 2.45) is 10.8 Å². The summed E-state index contributed by atoms with van der Waals surface area (Å²) >= 11 is 0. The van der Waals surface area contributed by atoms with Crippen LogP contribution in [0.5, 0.6) is 0 Å². The number of nitrogens with zero attached hydrogens (tertiary/aromatic N) is 2. The van der Waals surface area contributed by atoms with Crippen molar-refractivity contribution in [1.29, 1.82) is 0 Å². The number of hydrogen-bond acceptors (Lipinski definition) is 2. The van der Waals surface area contributed by atoms with Gasteiger partial charge in [-0.15, -0.1) is 0 Å². The van der Waals surface area contributed by atoms with E-state index < -0.39 is 0 Å². The normalized spacial score (nSPS) is 17.3. The van der Waals surface area contributed by atoms with E-state index in [9.17, 15) is 0 Å². The van der Waals surface area contributed by atoms with Crippen molar-refractivity contribution in [3.8, 4) is 0 Å². The molecule has 0 atom stereocenters. The Morgan fingerprint density at radius 2 is 1.95 bits per heavy atom. The van der Waals surface area contributed by atoms with Crippen LogP contribution < -0.4 is 16.2 Å². The molecule has 4 heteroatoms. The largest absolute Gasteiger partial charge is 0.312 e. The Kier molecular flexibility index (Phi) is 5.21. The molecule has 19 heavy (non-hydrogen) atoms. The summed E-state index contributed by atoms with van der Waals surface area (Å²) in [5.41, 5.74) is 3.90. The lowest BCUT2D eigenvalue weighted by molar-refractivity contribution is 0.442. The minimum absolute atomic E-state index is 0.414. The number of nitrogens with two attached hydrogens (primary N) is 1. The quantitative estimate of drug-likeness (QED) is 0.380. The smallest absolute Gasteiger partial charge is 0.213 e. The molecule has 1 aromatic rings. The first-order chi connectivity index (χ1) is 9.35. The molecule has 0 radical (unpaired) electrons. The Morgan fingerprint density at radius 3 is 2.53 bits per heavy atom. The van der Waals surface area contributed by atoms with Gasteiger partial charge >= 0.3 is 0 Å². The van der Waals surface area contributed by atoms with E-state index in [2.05, 4.69) is 29.4 Å². The number of aliphatic imine (C=N–C) groups is 1. The lowest BCUT2D eigenvalue weighted by Crippen LogP contribution is -2.45. The fourth-order valence-electron chi connectivity index (χ4n) is 2.63. The molecule has 2 rings (SSSR count). The second-order valence-electron chi connectivity index (χ2n) is 4.97. The maximum Gasteiger partial charge on any atom is 0.213 e. The molecule has 1 aliphatic rings. The van der Waals surface area contributed by atoms with Gasteiger partial charge in [0.05, 0.1) is 6.04 Å². The van der Waals surface area contributed by atoms with Gasteiger partial charge in [0, 0.05) is 12.2 Å². The summed E-state index contributed by atoms with van der Waals surface area (Å²) in [6.45, 7) is 2.96. The molecule has 1 fully saturated rings. The molecule has 104 valence electrons. The highest BCUT2D eigenvalue weighted by atomic mass is 15.4. The minimum Gasteiger partial charge on any atom is -0.312 e. The van der Waals surface area contributed by atoms with Crippen LogP contribution in [0.15, 0.2) is 35.3 Å². The number of hydrazine groups is 1. The second-order valence-corrected chi connectivity index (χ2v) is 4.97. The van der Waals surface area contributed by atoms with Crippen molar-refractivity contribution in [3.63, 3.8) is 0 Å². The molecule has 0 aromatic heterocycles. The molecule has 4 nitrogen and oxygen atoms in total. The van der Waals surface area contributed by atoms with Crippen LogP contribution >= 0.6 is 0 Å². The summed E-state index contributed by atoms with van der Waals surface area (Å²) in [6.07, 6.45) is 6.26. The van der Waals surface area contributed by atoms with Crippen LogP contribution in [0.1, 0.15) is 39.0 Å². The van der Waals surface area contributed by atoms with E-state index in [-0.39, 0.29) is 0 Å². The number of para-hydroxylation sites is 1. The molecule has 1 aliphatic carbocycles. The average Bonchev–Trinajstić information content (AvgIpc) is 2.49. The molecule has 0 unspecified atom stereocenters. The molecule has 0 saturated heterocycles. The fourth-order valence-corrected chi connectivity index (χ4v) is 2.63. The van der Waals surface area contributed by atoms with Crippen molar-refractivity contribution in [2.75, 3.05) is 11.4 Å². The zero-order chi connectivity index (χ0) is 13.5. The van der Waals surface area contributed by atoms with E-state index in [4.69, 9.17) is 10.8 Å². The third-order valence-corrected chi connectivity index (χ3v) is 3.65. The van der Waals surface area contributed by atoms with E-state index in [0.717, 1.165) is 18.2 Å². The molecule has 3 N–H and O–H groups in total. The van der Waals surface area contributed by atoms with Gasteiger partial charge in [-0.25, -0.2) is 10.8 Å². The molecular formula is C15H24N4. The molecule has 1 aromatic carbocycles. The van der Waals surface area contributed by atoms with E-state index >= 15 is 0 Å². The maximum atomic E-state index is 5.68. The predicted molar refractivity (Wildman–Crippen MR) is 81.1 cm³/mol. The van der Waals surface area contributed by atoms with Gasteiger partial charge in [-0.05, 0) is 31.9 Å². The van der Waals surface area contributed by atoms with E-state index in [1.807, 2.05) is 18.2 Å². The Bertz CT molecular complexity index is 396. The standard InChI is InChI=1S/C15H24N4/c1-2-19(14-11-7-4-8-12-14)15(18-16)17-13-9-5-3-6-10-13/h4,7-8,11-13H,2-3,5-6,9-10,16H2,1H3,(H,17,18). The zero-order valence-corrected chi connectivity index (χ0v) is 11.7. The summed E-state index contributed by atoms with van der Waals surface area (Å²) in [6, 6.07) is 10.7. The van der Waals surface area contributed by atoms with Crippen LogP contribution in [0, 0.1) is 0 Å². The third-order valence-electron chi connectivity index (χ3n) is 3.65. The number of rotatable bonds is 3. The zero-order valence-electron chi connectivity index (χ0n) is 11.7. The van der Waals surface area contributed by atoms with Gasteiger partial charge in [0.15, 0.2) is 0 Å². The van der Waals surface area contributed by atoms with Crippen LogP contribution in [-0.4, -0.2) is 18.5 Å². The number of hydrogen-bond donors (Lipinski definition) is 2. The van der Waals surface area contributed by atoms with Crippen LogP contribution in [-0.2, 0) is 0 Å². The highest BCUT2D eigenvalue weighted by Gasteiger charge is 2.16. The SMILES string of the molecule is CCN(C(=NC1CCCCC1)NN)c1ccccc1. The van der Waals surface area contributed by atoms with Crippen LogP contribution in [0.2, 0.25) is 0 Å². The molecule has 0 amide bonds.